The van der Waals surface area contributed by atoms with Gasteiger partial charge in [0.05, 0.1) is 12.2 Å². The molecule has 19 heavy (non-hydrogen) atoms. The van der Waals surface area contributed by atoms with Crippen LogP contribution in [0.2, 0.25) is 0 Å². The Morgan fingerprint density at radius 2 is 2.11 bits per heavy atom. The third-order valence-electron chi connectivity index (χ3n) is 3.43. The number of thiazole rings is 1. The maximum absolute atomic E-state index is 11.8. The predicted molar refractivity (Wildman–Crippen MR) is 79.7 cm³/mol. The van der Waals surface area contributed by atoms with Crippen LogP contribution >= 0.6 is 11.3 Å². The highest BCUT2D eigenvalue weighted by atomic mass is 32.1. The highest BCUT2D eigenvalue weighted by molar-refractivity contribution is 7.13. The lowest BCUT2D eigenvalue weighted by atomic mass is 9.93. The van der Waals surface area contributed by atoms with Crippen molar-refractivity contribution in [1.82, 2.24) is 10.3 Å². The second-order valence-corrected chi connectivity index (χ2v) is 7.06. The Morgan fingerprint density at radius 3 is 2.68 bits per heavy atom. The molecule has 1 fully saturated rings. The minimum absolute atomic E-state index is 0.00158. The maximum Gasteiger partial charge on any atom is 0.240 e. The van der Waals surface area contributed by atoms with Crippen molar-refractivity contribution in [2.45, 2.75) is 57.9 Å². The molecular formula is C14H23N3OS. The van der Waals surface area contributed by atoms with E-state index in [2.05, 4.69) is 36.4 Å². The monoisotopic (exact) mass is 281 g/mol. The summed E-state index contributed by atoms with van der Waals surface area (Å²) in [4.78, 5) is 16.3. The maximum atomic E-state index is 11.8. The molecule has 1 aromatic rings. The van der Waals surface area contributed by atoms with Crippen LogP contribution < -0.4 is 10.6 Å². The van der Waals surface area contributed by atoms with E-state index in [-0.39, 0.29) is 11.3 Å². The van der Waals surface area contributed by atoms with E-state index in [1.54, 1.807) is 0 Å². The molecule has 1 amide bonds. The van der Waals surface area contributed by atoms with E-state index < -0.39 is 0 Å². The molecule has 0 bridgehead atoms. The van der Waals surface area contributed by atoms with E-state index in [0.717, 1.165) is 5.69 Å². The number of amides is 1. The van der Waals surface area contributed by atoms with Crippen LogP contribution in [0.4, 0.5) is 5.13 Å². The summed E-state index contributed by atoms with van der Waals surface area (Å²) in [5.74, 6) is 0.00158. The van der Waals surface area contributed by atoms with Crippen LogP contribution in [0.25, 0.3) is 0 Å². The molecule has 1 aliphatic carbocycles. The molecule has 0 atom stereocenters. The van der Waals surface area contributed by atoms with Gasteiger partial charge < -0.3 is 10.6 Å². The third kappa shape index (κ3) is 4.28. The minimum Gasteiger partial charge on any atom is -0.306 e. The van der Waals surface area contributed by atoms with Gasteiger partial charge in [-0.05, 0) is 12.8 Å². The molecule has 106 valence electrons. The van der Waals surface area contributed by atoms with E-state index in [1.807, 2.05) is 5.38 Å². The number of anilines is 1. The first-order valence-corrected chi connectivity index (χ1v) is 7.82. The van der Waals surface area contributed by atoms with Gasteiger partial charge in [0.25, 0.3) is 0 Å². The topological polar surface area (TPSA) is 54.0 Å². The molecule has 1 saturated carbocycles. The van der Waals surface area contributed by atoms with E-state index in [1.165, 1.54) is 37.0 Å². The SMILES string of the molecule is CC(C)(C)c1csc(NC(=O)CNC2CCCC2)n1. The fourth-order valence-corrected chi connectivity index (χ4v) is 3.16. The number of nitrogens with zero attached hydrogens (tertiary/aromatic N) is 1. The van der Waals surface area contributed by atoms with E-state index >= 15 is 0 Å². The Kier molecular flexibility index (Phi) is 4.58. The summed E-state index contributed by atoms with van der Waals surface area (Å²) in [6, 6.07) is 0.521. The van der Waals surface area contributed by atoms with Crippen LogP contribution in [0.15, 0.2) is 5.38 Å². The Balaban J connectivity index is 1.80. The molecule has 1 aliphatic rings. The number of carbonyl (C=O) groups is 1. The number of aromatic nitrogens is 1. The number of carbonyl (C=O) groups excluding carboxylic acids is 1. The molecule has 4 nitrogen and oxygen atoms in total. The lowest BCUT2D eigenvalue weighted by molar-refractivity contribution is -0.115. The molecule has 0 unspecified atom stereocenters. The van der Waals surface area contributed by atoms with Gasteiger partial charge >= 0.3 is 0 Å². The molecule has 0 saturated heterocycles. The highest BCUT2D eigenvalue weighted by Crippen LogP contribution is 2.26. The first-order valence-electron chi connectivity index (χ1n) is 6.94. The summed E-state index contributed by atoms with van der Waals surface area (Å²) >= 11 is 1.49. The Bertz CT molecular complexity index is 430. The van der Waals surface area contributed by atoms with Gasteiger partial charge in [-0.1, -0.05) is 33.6 Å². The second-order valence-electron chi connectivity index (χ2n) is 6.20. The quantitative estimate of drug-likeness (QED) is 0.892. The summed E-state index contributed by atoms with van der Waals surface area (Å²) in [5, 5.41) is 8.88. The van der Waals surface area contributed by atoms with Crippen molar-refractivity contribution in [2.24, 2.45) is 0 Å². The average molecular weight is 281 g/mol. The molecule has 0 aromatic carbocycles. The van der Waals surface area contributed by atoms with Crippen molar-refractivity contribution >= 4 is 22.4 Å². The smallest absolute Gasteiger partial charge is 0.240 e. The molecule has 1 aromatic heterocycles. The Morgan fingerprint density at radius 1 is 1.42 bits per heavy atom. The first kappa shape index (κ1) is 14.5. The van der Waals surface area contributed by atoms with Gasteiger partial charge in [-0.3, -0.25) is 4.79 Å². The fourth-order valence-electron chi connectivity index (χ4n) is 2.21. The summed E-state index contributed by atoms with van der Waals surface area (Å²) in [7, 11) is 0. The van der Waals surface area contributed by atoms with Gasteiger partial charge in [0.2, 0.25) is 5.91 Å². The highest BCUT2D eigenvalue weighted by Gasteiger charge is 2.19. The van der Waals surface area contributed by atoms with Crippen LogP contribution in [0.1, 0.15) is 52.1 Å². The summed E-state index contributed by atoms with van der Waals surface area (Å²) in [6.07, 6.45) is 4.94. The predicted octanol–water partition coefficient (Wildman–Crippen LogP) is 2.91. The second kappa shape index (κ2) is 6.01. The van der Waals surface area contributed by atoms with Crippen molar-refractivity contribution in [3.8, 4) is 0 Å². The summed E-state index contributed by atoms with van der Waals surface area (Å²) in [6.45, 7) is 6.75. The first-order chi connectivity index (χ1) is 8.95. The van der Waals surface area contributed by atoms with Gasteiger partial charge in [-0.15, -0.1) is 11.3 Å². The minimum atomic E-state index is 0.00158. The molecule has 0 aliphatic heterocycles. The van der Waals surface area contributed by atoms with Crippen molar-refractivity contribution in [2.75, 3.05) is 11.9 Å². The fraction of sp³-hybridized carbons (Fsp3) is 0.714. The van der Waals surface area contributed by atoms with Gasteiger partial charge in [0, 0.05) is 16.8 Å². The van der Waals surface area contributed by atoms with Crippen LogP contribution in [-0.4, -0.2) is 23.5 Å². The molecular weight excluding hydrogens is 258 g/mol. The standard InChI is InChI=1S/C14H23N3OS/c1-14(2,3)11-9-19-13(16-11)17-12(18)8-15-10-6-4-5-7-10/h9-10,15H,4-8H2,1-3H3,(H,16,17,18). The number of hydrogen-bond acceptors (Lipinski definition) is 4. The van der Waals surface area contributed by atoms with Crippen LogP contribution in [0.3, 0.4) is 0 Å². The van der Waals surface area contributed by atoms with Crippen molar-refractivity contribution in [3.05, 3.63) is 11.1 Å². The van der Waals surface area contributed by atoms with Crippen LogP contribution in [0, 0.1) is 0 Å². The van der Waals surface area contributed by atoms with Crippen LogP contribution in [-0.2, 0) is 10.2 Å². The zero-order chi connectivity index (χ0) is 13.9. The molecule has 5 heteroatoms. The normalized spacial score (nSPS) is 16.8. The van der Waals surface area contributed by atoms with E-state index in [9.17, 15) is 4.79 Å². The number of nitrogens with one attached hydrogen (secondary N) is 2. The van der Waals surface area contributed by atoms with Crippen LogP contribution in [0.5, 0.6) is 0 Å². The zero-order valence-corrected chi connectivity index (χ0v) is 12.8. The summed E-state index contributed by atoms with van der Waals surface area (Å²) in [5.41, 5.74) is 1.05. The molecule has 1 heterocycles. The van der Waals surface area contributed by atoms with Gasteiger partial charge in [-0.25, -0.2) is 4.98 Å². The largest absolute Gasteiger partial charge is 0.306 e. The molecule has 0 spiro atoms. The Hall–Kier alpha value is -0.940. The van der Waals surface area contributed by atoms with Crippen molar-refractivity contribution < 1.29 is 4.79 Å². The summed E-state index contributed by atoms with van der Waals surface area (Å²) < 4.78 is 0. The lowest BCUT2D eigenvalue weighted by Crippen LogP contribution is -2.34. The van der Waals surface area contributed by atoms with E-state index in [0.29, 0.717) is 17.7 Å². The molecule has 2 rings (SSSR count). The number of rotatable bonds is 4. The molecule has 2 N–H and O–H groups in total. The lowest BCUT2D eigenvalue weighted by Gasteiger charge is -2.14. The van der Waals surface area contributed by atoms with Crippen molar-refractivity contribution in [1.29, 1.82) is 0 Å². The zero-order valence-electron chi connectivity index (χ0n) is 12.0. The number of hydrogen-bond donors (Lipinski definition) is 2. The van der Waals surface area contributed by atoms with Crippen molar-refractivity contribution in [3.63, 3.8) is 0 Å². The molecule has 0 radical (unpaired) electrons. The average Bonchev–Trinajstić information content (AvgIpc) is 2.95. The van der Waals surface area contributed by atoms with E-state index in [4.69, 9.17) is 0 Å². The Labute approximate surface area is 119 Å². The van der Waals surface area contributed by atoms with Gasteiger partial charge in [-0.2, -0.15) is 0 Å². The third-order valence-corrected chi connectivity index (χ3v) is 4.18. The van der Waals surface area contributed by atoms with Gasteiger partial charge in [0.1, 0.15) is 0 Å². The van der Waals surface area contributed by atoms with Gasteiger partial charge in [0.15, 0.2) is 5.13 Å².